The van der Waals surface area contributed by atoms with Gasteiger partial charge in [-0.25, -0.2) is 0 Å². The van der Waals surface area contributed by atoms with Crippen LogP contribution in [0.25, 0.3) is 0 Å². The molecule has 1 fully saturated rings. The maximum absolute atomic E-state index is 12.0. The van der Waals surface area contributed by atoms with Gasteiger partial charge in [-0.15, -0.1) is 11.6 Å². The summed E-state index contributed by atoms with van der Waals surface area (Å²) < 4.78 is 0. The van der Waals surface area contributed by atoms with Crippen LogP contribution < -0.4 is 0 Å². The Morgan fingerprint density at radius 2 is 2.10 bits per heavy atom. The SMILES string of the molecule is CC(Cl)C(=O)N1CCN(Cc2ccccc2)CC1CO. The maximum atomic E-state index is 12.0. The highest BCUT2D eigenvalue weighted by atomic mass is 35.5. The lowest BCUT2D eigenvalue weighted by Crippen LogP contribution is -2.57. The molecule has 0 radical (unpaired) electrons. The van der Waals surface area contributed by atoms with Gasteiger partial charge in [-0.2, -0.15) is 0 Å². The third-order valence-electron chi connectivity index (χ3n) is 3.65. The molecule has 0 aliphatic carbocycles. The van der Waals surface area contributed by atoms with Crippen LogP contribution in [-0.2, 0) is 11.3 Å². The van der Waals surface area contributed by atoms with Crippen LogP contribution >= 0.6 is 11.6 Å². The molecule has 20 heavy (non-hydrogen) atoms. The van der Waals surface area contributed by atoms with Crippen molar-refractivity contribution >= 4 is 17.5 Å². The number of alkyl halides is 1. The lowest BCUT2D eigenvalue weighted by atomic mass is 10.1. The van der Waals surface area contributed by atoms with Gasteiger partial charge in [0.2, 0.25) is 5.91 Å². The molecule has 110 valence electrons. The molecule has 1 aliphatic rings. The van der Waals surface area contributed by atoms with Crippen molar-refractivity contribution in [2.45, 2.75) is 24.9 Å². The standard InChI is InChI=1S/C15H21ClN2O2/c1-12(16)15(20)18-8-7-17(10-14(18)11-19)9-13-5-3-2-4-6-13/h2-6,12,14,19H,7-11H2,1H3. The molecule has 2 atom stereocenters. The van der Waals surface area contributed by atoms with Crippen LogP contribution in [0.1, 0.15) is 12.5 Å². The fourth-order valence-corrected chi connectivity index (χ4v) is 2.71. The third-order valence-corrected chi connectivity index (χ3v) is 3.84. The molecular formula is C15H21ClN2O2. The molecule has 2 rings (SSSR count). The summed E-state index contributed by atoms with van der Waals surface area (Å²) in [7, 11) is 0. The molecule has 0 saturated carbocycles. The van der Waals surface area contributed by atoms with Gasteiger partial charge in [0.1, 0.15) is 5.38 Å². The Kier molecular flexibility index (Phi) is 5.40. The number of aliphatic hydroxyl groups is 1. The van der Waals surface area contributed by atoms with E-state index in [1.165, 1.54) is 5.56 Å². The number of carbonyl (C=O) groups excluding carboxylic acids is 1. The highest BCUT2D eigenvalue weighted by molar-refractivity contribution is 6.30. The first-order chi connectivity index (χ1) is 9.61. The molecule has 1 saturated heterocycles. The minimum absolute atomic E-state index is 0.0271. The Hall–Kier alpha value is -1.10. The summed E-state index contributed by atoms with van der Waals surface area (Å²) >= 11 is 5.86. The van der Waals surface area contributed by atoms with Crippen molar-refractivity contribution < 1.29 is 9.90 Å². The van der Waals surface area contributed by atoms with Crippen molar-refractivity contribution in [3.05, 3.63) is 35.9 Å². The van der Waals surface area contributed by atoms with Crippen LogP contribution in [0.3, 0.4) is 0 Å². The van der Waals surface area contributed by atoms with Crippen molar-refractivity contribution in [2.75, 3.05) is 26.2 Å². The average molecular weight is 297 g/mol. The number of nitrogens with zero attached hydrogens (tertiary/aromatic N) is 2. The highest BCUT2D eigenvalue weighted by Crippen LogP contribution is 2.15. The van der Waals surface area contributed by atoms with Gasteiger partial charge in [-0.3, -0.25) is 9.69 Å². The number of carbonyl (C=O) groups is 1. The van der Waals surface area contributed by atoms with Crippen molar-refractivity contribution in [3.8, 4) is 0 Å². The number of hydrogen-bond donors (Lipinski definition) is 1. The van der Waals surface area contributed by atoms with E-state index in [1.54, 1.807) is 11.8 Å². The average Bonchev–Trinajstić information content (AvgIpc) is 2.47. The fraction of sp³-hybridized carbons (Fsp3) is 0.533. The van der Waals surface area contributed by atoms with Crippen LogP contribution in [0, 0.1) is 0 Å². The highest BCUT2D eigenvalue weighted by Gasteiger charge is 2.31. The van der Waals surface area contributed by atoms with Crippen LogP contribution in [0.5, 0.6) is 0 Å². The molecule has 1 aromatic rings. The molecule has 1 amide bonds. The Bertz CT molecular complexity index is 439. The molecule has 0 aromatic heterocycles. The summed E-state index contributed by atoms with van der Waals surface area (Å²) in [6, 6.07) is 10.1. The first kappa shape index (κ1) is 15.3. The Morgan fingerprint density at radius 3 is 2.70 bits per heavy atom. The smallest absolute Gasteiger partial charge is 0.240 e. The van der Waals surface area contributed by atoms with Crippen molar-refractivity contribution in [1.29, 1.82) is 0 Å². The zero-order valence-electron chi connectivity index (χ0n) is 11.7. The first-order valence-corrected chi connectivity index (χ1v) is 7.37. The Labute approximate surface area is 124 Å². The van der Waals surface area contributed by atoms with Crippen LogP contribution in [0.4, 0.5) is 0 Å². The number of amides is 1. The van der Waals surface area contributed by atoms with Crippen LogP contribution in [0.2, 0.25) is 0 Å². The van der Waals surface area contributed by atoms with Gasteiger partial charge >= 0.3 is 0 Å². The quantitative estimate of drug-likeness (QED) is 0.852. The molecule has 0 spiro atoms. The molecule has 5 heteroatoms. The Morgan fingerprint density at radius 1 is 1.40 bits per heavy atom. The number of halogens is 1. The van der Waals surface area contributed by atoms with Crippen molar-refractivity contribution in [2.24, 2.45) is 0 Å². The monoisotopic (exact) mass is 296 g/mol. The number of aliphatic hydroxyl groups excluding tert-OH is 1. The maximum Gasteiger partial charge on any atom is 0.240 e. The summed E-state index contributed by atoms with van der Waals surface area (Å²) in [5.41, 5.74) is 1.25. The normalized spacial score (nSPS) is 21.8. The Balaban J connectivity index is 1.97. The van der Waals surface area contributed by atoms with Gasteiger partial charge in [0.15, 0.2) is 0 Å². The van der Waals surface area contributed by atoms with E-state index in [0.29, 0.717) is 13.1 Å². The second-order valence-electron chi connectivity index (χ2n) is 5.20. The zero-order valence-corrected chi connectivity index (χ0v) is 12.5. The zero-order chi connectivity index (χ0) is 14.5. The predicted molar refractivity (Wildman–Crippen MR) is 79.6 cm³/mol. The van der Waals surface area contributed by atoms with Crippen molar-refractivity contribution in [1.82, 2.24) is 9.80 Å². The number of piperazine rings is 1. The lowest BCUT2D eigenvalue weighted by molar-refractivity contribution is -0.136. The minimum atomic E-state index is -0.537. The van der Waals surface area contributed by atoms with E-state index in [-0.39, 0.29) is 18.6 Å². The lowest BCUT2D eigenvalue weighted by Gasteiger charge is -2.41. The van der Waals surface area contributed by atoms with Gasteiger partial charge in [-0.05, 0) is 12.5 Å². The fourth-order valence-electron chi connectivity index (χ4n) is 2.58. The molecule has 2 unspecified atom stereocenters. The summed E-state index contributed by atoms with van der Waals surface area (Å²) in [5, 5.41) is 8.98. The molecule has 4 nitrogen and oxygen atoms in total. The van der Waals surface area contributed by atoms with Gasteiger partial charge in [0, 0.05) is 26.2 Å². The van der Waals surface area contributed by atoms with E-state index < -0.39 is 5.38 Å². The van der Waals surface area contributed by atoms with E-state index in [9.17, 15) is 9.90 Å². The molecule has 1 aliphatic heterocycles. The van der Waals surface area contributed by atoms with E-state index >= 15 is 0 Å². The topological polar surface area (TPSA) is 43.8 Å². The van der Waals surface area contributed by atoms with E-state index in [4.69, 9.17) is 11.6 Å². The van der Waals surface area contributed by atoms with Gasteiger partial charge in [0.05, 0.1) is 12.6 Å². The van der Waals surface area contributed by atoms with E-state index in [2.05, 4.69) is 17.0 Å². The number of benzene rings is 1. The summed E-state index contributed by atoms with van der Waals surface area (Å²) in [4.78, 5) is 16.0. The second kappa shape index (κ2) is 7.07. The van der Waals surface area contributed by atoms with E-state index in [0.717, 1.165) is 13.1 Å². The number of hydrogen-bond acceptors (Lipinski definition) is 3. The first-order valence-electron chi connectivity index (χ1n) is 6.93. The van der Waals surface area contributed by atoms with Crippen molar-refractivity contribution in [3.63, 3.8) is 0 Å². The van der Waals surface area contributed by atoms with E-state index in [1.807, 2.05) is 18.2 Å². The molecule has 0 bridgehead atoms. The second-order valence-corrected chi connectivity index (χ2v) is 5.86. The number of rotatable bonds is 4. The van der Waals surface area contributed by atoms with Crippen LogP contribution in [-0.4, -0.2) is 58.5 Å². The molecular weight excluding hydrogens is 276 g/mol. The minimum Gasteiger partial charge on any atom is -0.394 e. The van der Waals surface area contributed by atoms with Crippen LogP contribution in [0.15, 0.2) is 30.3 Å². The summed E-state index contributed by atoms with van der Waals surface area (Å²) in [6.45, 7) is 4.60. The molecule has 1 heterocycles. The summed E-state index contributed by atoms with van der Waals surface area (Å²) in [5.74, 6) is -0.0925. The molecule has 1 aromatic carbocycles. The van der Waals surface area contributed by atoms with Gasteiger partial charge in [0.25, 0.3) is 0 Å². The van der Waals surface area contributed by atoms with Gasteiger partial charge in [-0.1, -0.05) is 30.3 Å². The summed E-state index contributed by atoms with van der Waals surface area (Å²) in [6.07, 6.45) is 0. The predicted octanol–water partition coefficient (Wildman–Crippen LogP) is 1.32. The largest absolute Gasteiger partial charge is 0.394 e. The molecule has 1 N–H and O–H groups in total. The van der Waals surface area contributed by atoms with Gasteiger partial charge < -0.3 is 10.0 Å². The third kappa shape index (κ3) is 3.72.